The molecule has 26 heteroatoms. The number of aliphatic hydroxyl groups excluding tert-OH is 1. The number of aliphatic carboxylic acids is 1. The van der Waals surface area contributed by atoms with E-state index in [0.717, 1.165) is 60.7 Å². The average molecular weight is 1180 g/mol. The van der Waals surface area contributed by atoms with Gasteiger partial charge in [0.05, 0.1) is 16.5 Å². The fourth-order valence-electron chi connectivity index (χ4n) is 10.2. The van der Waals surface area contributed by atoms with Gasteiger partial charge in [0.1, 0.15) is 76.6 Å². The summed E-state index contributed by atoms with van der Waals surface area (Å²) in [4.78, 5) is 103. The number of aliphatic hydroxyl groups is 1. The van der Waals surface area contributed by atoms with Gasteiger partial charge in [-0.05, 0) is 112 Å². The summed E-state index contributed by atoms with van der Waals surface area (Å²) in [5.41, 5.74) is -1.68. The first-order chi connectivity index (χ1) is 40.0. The van der Waals surface area contributed by atoms with Gasteiger partial charge in [-0.25, -0.2) is 4.79 Å². The van der Waals surface area contributed by atoms with Crippen molar-refractivity contribution in [3.63, 3.8) is 0 Å². The second kappa shape index (κ2) is 21.8. The molecule has 0 fully saturated rings. The lowest BCUT2D eigenvalue weighted by Gasteiger charge is -2.31. The minimum atomic E-state index is -2.18. The van der Waals surface area contributed by atoms with Gasteiger partial charge >= 0.3 is 5.97 Å². The molecule has 0 aromatic heterocycles. The van der Waals surface area contributed by atoms with Gasteiger partial charge in [0.2, 0.25) is 41.2 Å². The Bertz CT molecular complexity index is 3990. The summed E-state index contributed by atoms with van der Waals surface area (Å²) in [5.74, 6) is -14.3. The number of carbonyl (C=O) groups is 7. The van der Waals surface area contributed by atoms with Crippen LogP contribution in [0.4, 0.5) is 0 Å². The second-order valence-corrected chi connectivity index (χ2v) is 20.7. The normalized spacial score (nSPS) is 21.2. The molecule has 6 heterocycles. The zero-order valence-electron chi connectivity index (χ0n) is 42.8. The van der Waals surface area contributed by atoms with Gasteiger partial charge < -0.3 is 87.0 Å². The highest BCUT2D eigenvalue weighted by Gasteiger charge is 2.41. The van der Waals surface area contributed by atoms with Crippen LogP contribution >= 0.6 is 23.2 Å². The monoisotopic (exact) mass is 1180 g/mol. The van der Waals surface area contributed by atoms with Gasteiger partial charge in [0.15, 0.2) is 29.0 Å². The van der Waals surface area contributed by atoms with E-state index in [4.69, 9.17) is 37.4 Å². The molecule has 13 rings (SSSR count). The molecule has 7 aromatic rings. The largest absolute Gasteiger partial charge is 0.508 e. The number of ether oxygens (including phenoxy) is 3. The van der Waals surface area contributed by atoms with Gasteiger partial charge in [-0.1, -0.05) is 47.5 Å². The first kappa shape index (κ1) is 55.5. The number of carboxylic acids is 1. The van der Waals surface area contributed by atoms with Crippen LogP contribution < -0.4 is 46.1 Å². The molecule has 7 atom stereocenters. The molecule has 6 aliphatic heterocycles. The fourth-order valence-corrected chi connectivity index (χ4v) is 10.7. The number of carboxylic acid groups (broad SMARTS) is 1. The van der Waals surface area contributed by atoms with Crippen LogP contribution in [0, 0.1) is 0 Å². The van der Waals surface area contributed by atoms with Crippen molar-refractivity contribution in [2.45, 2.75) is 55.2 Å². The molecule has 6 amide bonds. The summed E-state index contributed by atoms with van der Waals surface area (Å²) >= 11 is 13.7. The van der Waals surface area contributed by atoms with Gasteiger partial charge in [-0.2, -0.15) is 0 Å². The molecule has 0 saturated heterocycles. The van der Waals surface area contributed by atoms with E-state index in [1.54, 1.807) is 0 Å². The molecule has 14 N–H and O–H groups in total. The van der Waals surface area contributed by atoms with Crippen molar-refractivity contribution >= 4 is 64.6 Å². The van der Waals surface area contributed by atoms with E-state index in [-0.39, 0.29) is 73.9 Å². The van der Waals surface area contributed by atoms with Crippen LogP contribution in [0.15, 0.2) is 115 Å². The first-order valence-corrected chi connectivity index (χ1v) is 26.1. The minimum absolute atomic E-state index is 0.101. The lowest BCUT2D eigenvalue weighted by atomic mass is 9.89. The SMILES string of the molecule is O=C1Cc2ccc(O)c(c2)Oc2cc(O)cc(c2)[C@@H]2NC(=O)[C@@H](Cc3ccc(c(Cl)c3)Oc3cc4cc(c3O)Oc3ccc(cc3Cl)[C@@H](O)[C@@H]3NC(=O)[C@H](NC(=O)[C@@H]4NC2=O)c2ccc(O)c(c2)-c2c(O)cc(O)cc2[C@@H](C(=O)O)NC3=O)N1. The highest BCUT2D eigenvalue weighted by molar-refractivity contribution is 6.32. The van der Waals surface area contributed by atoms with Crippen LogP contribution in [0.3, 0.4) is 0 Å². The maximum atomic E-state index is 15.7. The van der Waals surface area contributed by atoms with Gasteiger partial charge in [-0.3, -0.25) is 28.8 Å². The fraction of sp³-hybridized carbons (Fsp3) is 0.155. The Morgan fingerprint density at radius 2 is 1.08 bits per heavy atom. The van der Waals surface area contributed by atoms with E-state index in [0.29, 0.717) is 11.1 Å². The number of carbonyl (C=O) groups excluding carboxylic acids is 6. The summed E-state index contributed by atoms with van der Waals surface area (Å²) in [6.45, 7) is 0. The number of fused-ring (bicyclic) bond motifs is 14. The first-order valence-electron chi connectivity index (χ1n) is 25.3. The maximum absolute atomic E-state index is 15.7. The quantitative estimate of drug-likeness (QED) is 0.0961. The lowest BCUT2D eigenvalue weighted by molar-refractivity contribution is -0.143. The summed E-state index contributed by atoms with van der Waals surface area (Å²) < 4.78 is 18.4. The van der Waals surface area contributed by atoms with Crippen molar-refractivity contribution in [2.75, 3.05) is 0 Å². The van der Waals surface area contributed by atoms with Crippen LogP contribution in [0.25, 0.3) is 11.1 Å². The van der Waals surface area contributed by atoms with Gasteiger partial charge in [0, 0.05) is 35.2 Å². The van der Waals surface area contributed by atoms with Crippen molar-refractivity contribution in [3.05, 3.63) is 164 Å². The predicted octanol–water partition coefficient (Wildman–Crippen LogP) is 5.53. The van der Waals surface area contributed by atoms with Gasteiger partial charge in [0.25, 0.3) is 0 Å². The minimum Gasteiger partial charge on any atom is -0.508 e. The Morgan fingerprint density at radius 3 is 1.76 bits per heavy atom. The van der Waals surface area contributed by atoms with E-state index in [1.165, 1.54) is 54.6 Å². The number of aromatic hydroxyl groups is 6. The molecule has 0 saturated carbocycles. The van der Waals surface area contributed by atoms with Crippen molar-refractivity contribution in [1.29, 1.82) is 0 Å². The third kappa shape index (κ3) is 10.8. The molecule has 0 spiro atoms. The number of halogens is 2. The average Bonchev–Trinajstić information content (AvgIpc) is 2.93. The summed E-state index contributed by atoms with van der Waals surface area (Å²) in [6, 6.07) is 10.3. The molecule has 0 radical (unpaired) electrons. The molecule has 0 aliphatic carbocycles. The number of amides is 6. The third-order valence-corrected chi connectivity index (χ3v) is 14.8. The summed E-state index contributed by atoms with van der Waals surface area (Å²) in [7, 11) is 0. The van der Waals surface area contributed by atoms with Crippen LogP contribution in [0.5, 0.6) is 69.0 Å². The van der Waals surface area contributed by atoms with E-state index >= 15 is 14.4 Å². The topological polar surface area (TPSA) is 381 Å². The number of rotatable bonds is 1. The Morgan fingerprint density at radius 1 is 0.488 bits per heavy atom. The third-order valence-electron chi connectivity index (χ3n) is 14.2. The molecule has 428 valence electrons. The summed E-state index contributed by atoms with van der Waals surface area (Å²) in [5, 5.41) is 105. The highest BCUT2D eigenvalue weighted by Crippen LogP contribution is 2.48. The van der Waals surface area contributed by atoms with Crippen LogP contribution in [0.1, 0.15) is 69.2 Å². The smallest absolute Gasteiger partial charge is 0.330 e. The number of hydrogen-bond acceptors (Lipinski definition) is 17. The Labute approximate surface area is 482 Å². The lowest BCUT2D eigenvalue weighted by Crippen LogP contribution is -2.55. The molecule has 7 aromatic carbocycles. The van der Waals surface area contributed by atoms with E-state index in [2.05, 4.69) is 31.9 Å². The standard InChI is InChI=1S/C58H44Cl2N6O18/c59-33-9-22-2-7-39(33)83-42-17-27-18-43(52(42)74)84-40-8-4-25(16-34(40)60)51(73)50-57(79)65-49(58(80)81)32-20-29(68)21-38(71)45(32)31-15-24(3-6-36(31)69)46(54(76)66-50)63-56(78)48(27)64-55(77)47-26-13-28(67)19-30(14-26)82-41-11-23(1-5-37(41)70)12-44(72)61-35(10-22)53(75)62-47/h1-9,11,13-21,35,46-51,67-71,73-74H,10,12H2,(H,61,72)(H,62,75)(H,63,78)(H,64,77)(H,65,79)(H,66,76)(H,80,81)/t35-,46-,47+,48-,49+,50+,51-/m1/s1. The van der Waals surface area contributed by atoms with Crippen molar-refractivity contribution < 1.29 is 88.6 Å². The Kier molecular flexibility index (Phi) is 14.4. The molecule has 17 bridgehead atoms. The molecule has 0 unspecified atom stereocenters. The van der Waals surface area contributed by atoms with Crippen LogP contribution in [-0.2, 0) is 46.4 Å². The molecular weight excluding hydrogens is 1140 g/mol. The number of benzene rings is 7. The summed E-state index contributed by atoms with van der Waals surface area (Å²) in [6.07, 6.45) is -2.75. The Balaban J connectivity index is 1.14. The number of hydrogen-bond donors (Lipinski definition) is 14. The highest BCUT2D eigenvalue weighted by atomic mass is 35.5. The predicted molar refractivity (Wildman–Crippen MR) is 292 cm³/mol. The van der Waals surface area contributed by atoms with Crippen LogP contribution in [0.2, 0.25) is 10.0 Å². The van der Waals surface area contributed by atoms with E-state index < -0.39 is 141 Å². The van der Waals surface area contributed by atoms with Crippen molar-refractivity contribution in [2.24, 2.45) is 0 Å². The second-order valence-electron chi connectivity index (χ2n) is 19.9. The number of phenolic OH excluding ortho intramolecular Hbond substituents is 6. The van der Waals surface area contributed by atoms with Crippen molar-refractivity contribution in [3.8, 4) is 80.1 Å². The molecule has 84 heavy (non-hydrogen) atoms. The van der Waals surface area contributed by atoms with E-state index in [1.807, 2.05) is 0 Å². The number of phenols is 6. The maximum Gasteiger partial charge on any atom is 0.330 e. The van der Waals surface area contributed by atoms with Crippen molar-refractivity contribution in [1.82, 2.24) is 31.9 Å². The zero-order chi connectivity index (χ0) is 59.6. The zero-order valence-corrected chi connectivity index (χ0v) is 44.4. The molecular formula is C58H44Cl2N6O18. The molecule has 24 nitrogen and oxygen atoms in total. The Hall–Kier alpha value is -10.4. The van der Waals surface area contributed by atoms with Crippen LogP contribution in [-0.4, -0.2) is 94.3 Å². The number of nitrogens with one attached hydrogen (secondary N) is 6. The molecule has 6 aliphatic rings. The van der Waals surface area contributed by atoms with E-state index in [9.17, 15) is 60.0 Å². The van der Waals surface area contributed by atoms with Gasteiger partial charge in [-0.15, -0.1) is 0 Å².